The van der Waals surface area contributed by atoms with Crippen LogP contribution in [0.15, 0.2) is 140 Å². The molecule has 0 atom stereocenters. The van der Waals surface area contributed by atoms with Crippen LogP contribution in [0.2, 0.25) is 0 Å². The Labute approximate surface area is 230 Å². The van der Waals surface area contributed by atoms with Crippen LogP contribution in [0.4, 0.5) is 33.0 Å². The van der Waals surface area contributed by atoms with Crippen LogP contribution in [0, 0.1) is 0 Å². The smallest absolute Gasteiger partial charge is 0.195 e. The van der Waals surface area contributed by atoms with E-state index in [-0.39, 0.29) is 0 Å². The Kier molecular flexibility index (Phi) is 6.81. The van der Waals surface area contributed by atoms with Gasteiger partial charge >= 0.3 is 0 Å². The highest BCUT2D eigenvalue weighted by Gasteiger charge is 2.20. The zero-order valence-electron chi connectivity index (χ0n) is 20.5. The van der Waals surface area contributed by atoms with Crippen LogP contribution in [0.25, 0.3) is 5.57 Å². The predicted octanol–water partition coefficient (Wildman–Crippen LogP) is 9.60. The number of hydrogen-bond acceptors (Lipinski definition) is 6. The summed E-state index contributed by atoms with van der Waals surface area (Å²) in [5.74, 6) is 0. The zero-order chi connectivity index (χ0) is 25.7. The molecule has 0 radical (unpaired) electrons. The fraction of sp³-hybridized carbons (Fsp3) is 0. The summed E-state index contributed by atoms with van der Waals surface area (Å²) in [5.41, 5.74) is 5.16. The minimum absolute atomic E-state index is 0.887. The standard InChI is InChI=1S/C32H24N4S2/c1-24(29-22-33-31(37-29)35(25-14-6-2-7-15-25)26-16-8-3-9-17-26)30-23-34-32(38-30)36(27-18-10-4-11-19-27)28-20-12-5-13-21-28/h2-23H,1H2. The van der Waals surface area contributed by atoms with Gasteiger partial charge in [0.2, 0.25) is 0 Å². The molecule has 0 unspecified atom stereocenters. The topological polar surface area (TPSA) is 32.3 Å². The van der Waals surface area contributed by atoms with Gasteiger partial charge in [0, 0.05) is 40.7 Å². The maximum Gasteiger partial charge on any atom is 0.195 e. The molecule has 0 bridgehead atoms. The van der Waals surface area contributed by atoms with Crippen LogP contribution in [-0.4, -0.2) is 9.97 Å². The van der Waals surface area contributed by atoms with E-state index < -0.39 is 0 Å². The van der Waals surface area contributed by atoms with Crippen molar-refractivity contribution in [1.29, 1.82) is 0 Å². The first-order chi connectivity index (χ1) is 18.8. The lowest BCUT2D eigenvalue weighted by molar-refractivity contribution is 1.23. The molecule has 0 saturated heterocycles. The minimum Gasteiger partial charge on any atom is -0.286 e. The summed E-state index contributed by atoms with van der Waals surface area (Å²) in [6, 6.07) is 41.2. The number of aromatic nitrogens is 2. The molecular weight excluding hydrogens is 505 g/mol. The summed E-state index contributed by atoms with van der Waals surface area (Å²) in [7, 11) is 0. The Morgan fingerprint density at radius 2 is 0.763 bits per heavy atom. The van der Waals surface area contributed by atoms with Gasteiger partial charge in [-0.1, -0.05) is 102 Å². The first kappa shape index (κ1) is 23.9. The first-order valence-corrected chi connectivity index (χ1v) is 13.8. The van der Waals surface area contributed by atoms with Gasteiger partial charge in [0.25, 0.3) is 0 Å². The van der Waals surface area contributed by atoms with Crippen molar-refractivity contribution in [2.45, 2.75) is 0 Å². The summed E-state index contributed by atoms with van der Waals surface area (Å²) in [4.78, 5) is 16.0. The summed E-state index contributed by atoms with van der Waals surface area (Å²) in [6.45, 7) is 4.44. The van der Waals surface area contributed by atoms with Gasteiger partial charge in [0.15, 0.2) is 10.3 Å². The van der Waals surface area contributed by atoms with E-state index in [0.29, 0.717) is 0 Å². The highest BCUT2D eigenvalue weighted by Crippen LogP contribution is 2.42. The van der Waals surface area contributed by atoms with Crippen LogP contribution in [-0.2, 0) is 0 Å². The van der Waals surface area contributed by atoms with Crippen LogP contribution >= 0.6 is 22.7 Å². The van der Waals surface area contributed by atoms with E-state index in [9.17, 15) is 0 Å². The molecule has 184 valence electrons. The molecule has 0 spiro atoms. The molecule has 4 nitrogen and oxygen atoms in total. The highest BCUT2D eigenvalue weighted by atomic mass is 32.1. The molecule has 0 N–H and O–H groups in total. The first-order valence-electron chi connectivity index (χ1n) is 12.2. The second-order valence-corrected chi connectivity index (χ2v) is 10.5. The lowest BCUT2D eigenvalue weighted by atomic mass is 10.2. The SMILES string of the molecule is C=C(c1cnc(N(c2ccccc2)c2ccccc2)s1)c1cnc(N(c2ccccc2)c2ccccc2)s1. The van der Waals surface area contributed by atoms with Crippen molar-refractivity contribution in [2.75, 3.05) is 9.80 Å². The van der Waals surface area contributed by atoms with Crippen molar-refractivity contribution in [3.63, 3.8) is 0 Å². The Balaban J connectivity index is 1.33. The van der Waals surface area contributed by atoms with Gasteiger partial charge in [-0.25, -0.2) is 9.97 Å². The zero-order valence-corrected chi connectivity index (χ0v) is 22.1. The van der Waals surface area contributed by atoms with Crippen molar-refractivity contribution in [2.24, 2.45) is 0 Å². The van der Waals surface area contributed by atoms with Gasteiger partial charge in [-0.3, -0.25) is 9.80 Å². The Hall–Kier alpha value is -4.52. The van der Waals surface area contributed by atoms with Crippen molar-refractivity contribution >= 4 is 61.3 Å². The van der Waals surface area contributed by atoms with E-state index in [4.69, 9.17) is 9.97 Å². The average molecular weight is 529 g/mol. The van der Waals surface area contributed by atoms with Gasteiger partial charge in [-0.15, -0.1) is 0 Å². The Morgan fingerprint density at radius 1 is 0.474 bits per heavy atom. The third-order valence-electron chi connectivity index (χ3n) is 6.02. The molecule has 0 fully saturated rings. The molecule has 2 heterocycles. The molecule has 4 aromatic carbocycles. The summed E-state index contributed by atoms with van der Waals surface area (Å²) in [5, 5.41) is 1.77. The van der Waals surface area contributed by atoms with E-state index in [0.717, 1.165) is 48.3 Å². The number of nitrogens with zero attached hydrogens (tertiary/aromatic N) is 4. The van der Waals surface area contributed by atoms with Crippen LogP contribution in [0.1, 0.15) is 9.75 Å². The number of hydrogen-bond donors (Lipinski definition) is 0. The quantitative estimate of drug-likeness (QED) is 0.197. The number of anilines is 6. The molecule has 0 aliphatic carbocycles. The predicted molar refractivity (Wildman–Crippen MR) is 162 cm³/mol. The summed E-state index contributed by atoms with van der Waals surface area (Å²) >= 11 is 3.25. The lowest BCUT2D eigenvalue weighted by Crippen LogP contribution is -2.09. The largest absolute Gasteiger partial charge is 0.286 e. The van der Waals surface area contributed by atoms with Gasteiger partial charge in [0.05, 0.1) is 9.75 Å². The number of rotatable bonds is 8. The molecule has 38 heavy (non-hydrogen) atoms. The lowest BCUT2D eigenvalue weighted by Gasteiger charge is -2.22. The van der Waals surface area contributed by atoms with E-state index in [1.54, 1.807) is 22.7 Å². The fourth-order valence-electron chi connectivity index (χ4n) is 4.19. The van der Waals surface area contributed by atoms with Crippen molar-refractivity contribution in [3.8, 4) is 0 Å². The second kappa shape index (κ2) is 10.8. The van der Waals surface area contributed by atoms with Gasteiger partial charge in [0.1, 0.15) is 0 Å². The molecule has 6 aromatic rings. The number of thiazole rings is 2. The summed E-state index contributed by atoms with van der Waals surface area (Å²) in [6.07, 6.45) is 3.82. The molecule has 6 heteroatoms. The van der Waals surface area contributed by atoms with Crippen molar-refractivity contribution < 1.29 is 0 Å². The third-order valence-corrected chi connectivity index (χ3v) is 8.11. The van der Waals surface area contributed by atoms with Gasteiger partial charge in [-0.05, 0) is 48.5 Å². The summed E-state index contributed by atoms with van der Waals surface area (Å²) < 4.78 is 0. The highest BCUT2D eigenvalue weighted by molar-refractivity contribution is 7.19. The van der Waals surface area contributed by atoms with Crippen LogP contribution in [0.3, 0.4) is 0 Å². The monoisotopic (exact) mass is 528 g/mol. The fourth-order valence-corrected chi connectivity index (χ4v) is 6.14. The molecular formula is C32H24N4S2. The van der Waals surface area contributed by atoms with E-state index in [2.05, 4.69) is 64.9 Å². The van der Waals surface area contributed by atoms with Crippen molar-refractivity contribution in [3.05, 3.63) is 150 Å². The number of para-hydroxylation sites is 4. The van der Waals surface area contributed by atoms with Crippen LogP contribution < -0.4 is 9.80 Å². The minimum atomic E-state index is 0.887. The molecule has 0 saturated carbocycles. The third kappa shape index (κ3) is 4.87. The maximum absolute atomic E-state index is 4.81. The van der Waals surface area contributed by atoms with Crippen molar-refractivity contribution in [1.82, 2.24) is 9.97 Å². The van der Waals surface area contributed by atoms with Crippen LogP contribution in [0.5, 0.6) is 0 Å². The van der Waals surface area contributed by atoms with Gasteiger partial charge < -0.3 is 0 Å². The molecule has 0 aliphatic rings. The van der Waals surface area contributed by atoms with E-state index >= 15 is 0 Å². The molecule has 2 aromatic heterocycles. The molecule has 0 aliphatic heterocycles. The second-order valence-electron chi connectivity index (χ2n) is 8.51. The van der Waals surface area contributed by atoms with E-state index in [1.807, 2.05) is 85.2 Å². The number of benzene rings is 4. The Morgan fingerprint density at radius 3 is 1.05 bits per heavy atom. The molecule has 0 amide bonds. The average Bonchev–Trinajstić information content (AvgIpc) is 3.66. The Bertz CT molecular complexity index is 1430. The van der Waals surface area contributed by atoms with E-state index in [1.165, 1.54) is 0 Å². The molecule has 6 rings (SSSR count). The normalized spacial score (nSPS) is 10.7. The van der Waals surface area contributed by atoms with Gasteiger partial charge in [-0.2, -0.15) is 0 Å². The maximum atomic E-state index is 4.81.